The molecule has 0 amide bonds. The number of fused-ring (bicyclic) bond motifs is 1. The maximum atomic E-state index is 11.7. The van der Waals surface area contributed by atoms with Crippen LogP contribution in [-0.4, -0.2) is 29.4 Å². The molecule has 3 aromatic carbocycles. The van der Waals surface area contributed by atoms with Gasteiger partial charge in [0.25, 0.3) is 0 Å². The van der Waals surface area contributed by atoms with E-state index in [1.54, 1.807) is 13.2 Å². The lowest BCUT2D eigenvalue weighted by Crippen LogP contribution is -2.21. The Labute approximate surface area is 181 Å². The molecule has 4 nitrogen and oxygen atoms in total. The quantitative estimate of drug-likeness (QED) is 0.559. The molecule has 0 radical (unpaired) electrons. The lowest BCUT2D eigenvalue weighted by Gasteiger charge is -2.14. The molecule has 0 spiro atoms. The van der Waals surface area contributed by atoms with Gasteiger partial charge in [0.2, 0.25) is 0 Å². The second kappa shape index (κ2) is 8.62. The van der Waals surface area contributed by atoms with Gasteiger partial charge in [-0.2, -0.15) is 0 Å². The summed E-state index contributed by atoms with van der Waals surface area (Å²) in [6.07, 6.45) is 1.04. The Morgan fingerprint density at radius 2 is 1.65 bits per heavy atom. The van der Waals surface area contributed by atoms with Gasteiger partial charge in [-0.25, -0.2) is 4.79 Å². The third kappa shape index (κ3) is 3.66. The van der Waals surface area contributed by atoms with Gasteiger partial charge in [-0.3, -0.25) is 0 Å². The number of aliphatic hydroxyl groups is 1. The number of methoxy groups -OCH3 is 1. The molecule has 2 N–H and O–H groups in total. The van der Waals surface area contributed by atoms with Crippen LogP contribution in [0.2, 0.25) is 0 Å². The number of hydrogen-bond donors (Lipinski definition) is 2. The van der Waals surface area contributed by atoms with E-state index in [1.807, 2.05) is 55.5 Å². The lowest BCUT2D eigenvalue weighted by atomic mass is 9.94. The first-order valence-electron chi connectivity index (χ1n) is 10.2. The summed E-state index contributed by atoms with van der Waals surface area (Å²) in [5.41, 5.74) is 6.87. The third-order valence-corrected chi connectivity index (χ3v) is 5.66. The third-order valence-electron chi connectivity index (χ3n) is 5.66. The number of allylic oxidation sites excluding steroid dienone is 2. The number of carboxylic acid groups (broad SMARTS) is 1. The molecular weight excluding hydrogens is 388 g/mol. The highest BCUT2D eigenvalue weighted by Gasteiger charge is 2.35. The largest absolute Gasteiger partial charge is 0.496 e. The van der Waals surface area contributed by atoms with Crippen LogP contribution < -0.4 is 4.74 Å². The van der Waals surface area contributed by atoms with Crippen LogP contribution in [0.1, 0.15) is 30.0 Å². The maximum Gasteiger partial charge on any atom is 0.337 e. The smallest absolute Gasteiger partial charge is 0.337 e. The first-order chi connectivity index (χ1) is 15.1. The van der Waals surface area contributed by atoms with E-state index in [1.165, 1.54) is 0 Å². The molecule has 0 saturated heterocycles. The number of aliphatic hydroxyl groups excluding tert-OH is 1. The minimum Gasteiger partial charge on any atom is -0.496 e. The number of carbonyl (C=O) groups is 1. The van der Waals surface area contributed by atoms with Gasteiger partial charge in [0.15, 0.2) is 6.10 Å². The van der Waals surface area contributed by atoms with Crippen LogP contribution in [0.4, 0.5) is 0 Å². The van der Waals surface area contributed by atoms with Gasteiger partial charge in [0.1, 0.15) is 5.75 Å². The summed E-state index contributed by atoms with van der Waals surface area (Å²) in [6, 6.07) is 23.9. The first-order valence-corrected chi connectivity index (χ1v) is 10.2. The summed E-state index contributed by atoms with van der Waals surface area (Å²) in [7, 11) is 1.55. The van der Waals surface area contributed by atoms with Crippen molar-refractivity contribution in [1.29, 1.82) is 0 Å². The Hall–Kier alpha value is -3.63. The van der Waals surface area contributed by atoms with Gasteiger partial charge < -0.3 is 14.9 Å². The van der Waals surface area contributed by atoms with Gasteiger partial charge in [-0.1, -0.05) is 73.7 Å². The number of benzene rings is 3. The molecule has 0 heterocycles. The summed E-state index contributed by atoms with van der Waals surface area (Å²) in [5, 5.41) is 20.1. The molecule has 0 bridgehead atoms. The van der Waals surface area contributed by atoms with Crippen molar-refractivity contribution in [2.24, 2.45) is 0 Å². The van der Waals surface area contributed by atoms with Crippen molar-refractivity contribution in [3.63, 3.8) is 0 Å². The second-order valence-corrected chi connectivity index (χ2v) is 7.38. The van der Waals surface area contributed by atoms with Crippen LogP contribution in [0.25, 0.3) is 28.3 Å². The topological polar surface area (TPSA) is 66.8 Å². The molecule has 31 heavy (non-hydrogen) atoms. The highest BCUT2D eigenvalue weighted by atomic mass is 16.5. The van der Waals surface area contributed by atoms with Crippen molar-refractivity contribution < 1.29 is 19.7 Å². The molecule has 0 saturated carbocycles. The van der Waals surface area contributed by atoms with Crippen LogP contribution in [-0.2, 0) is 4.79 Å². The van der Waals surface area contributed by atoms with Crippen molar-refractivity contribution in [3.8, 4) is 16.9 Å². The monoisotopic (exact) mass is 412 g/mol. The molecule has 1 aliphatic carbocycles. The molecule has 3 aromatic rings. The van der Waals surface area contributed by atoms with Crippen molar-refractivity contribution in [3.05, 3.63) is 95.1 Å². The zero-order chi connectivity index (χ0) is 22.0. The van der Waals surface area contributed by atoms with Gasteiger partial charge in [0.05, 0.1) is 7.11 Å². The SMILES string of the molecule is CCC1=C(C(O)C(=O)O)c2c(OC)cccc2/C1=C\c1ccccc1-c1ccccc1. The fraction of sp³-hybridized carbons (Fsp3) is 0.148. The van der Waals surface area contributed by atoms with E-state index in [0.717, 1.165) is 33.4 Å². The van der Waals surface area contributed by atoms with Crippen molar-refractivity contribution in [2.75, 3.05) is 7.11 Å². The molecule has 1 atom stereocenters. The summed E-state index contributed by atoms with van der Waals surface area (Å²) >= 11 is 0. The Balaban J connectivity index is 1.98. The number of ether oxygens (including phenoxy) is 1. The predicted molar refractivity (Wildman–Crippen MR) is 124 cm³/mol. The predicted octanol–water partition coefficient (Wildman–Crippen LogP) is 5.53. The minimum atomic E-state index is -1.62. The van der Waals surface area contributed by atoms with Crippen LogP contribution >= 0.6 is 0 Å². The van der Waals surface area contributed by atoms with Crippen LogP contribution in [0.3, 0.4) is 0 Å². The molecule has 1 unspecified atom stereocenters. The van der Waals surface area contributed by atoms with Gasteiger partial charge in [-0.05, 0) is 52.0 Å². The zero-order valence-corrected chi connectivity index (χ0v) is 17.5. The average Bonchev–Trinajstić information content (AvgIpc) is 3.12. The standard InChI is InChI=1S/C27H24O4/c1-3-19-22(16-18-12-7-8-13-20(18)17-10-5-4-6-11-17)21-14-9-15-23(31-2)24(21)25(19)26(28)27(29)30/h4-16,26,28H,3H2,1-2H3,(H,29,30)/b22-16-. The molecule has 156 valence electrons. The lowest BCUT2D eigenvalue weighted by molar-refractivity contribution is -0.143. The van der Waals surface area contributed by atoms with E-state index in [2.05, 4.69) is 24.3 Å². The van der Waals surface area contributed by atoms with Crippen LogP contribution in [0, 0.1) is 0 Å². The fourth-order valence-electron chi connectivity index (χ4n) is 4.29. The molecule has 0 aromatic heterocycles. The molecular formula is C27H24O4. The van der Waals surface area contributed by atoms with E-state index in [4.69, 9.17) is 4.74 Å². The molecule has 4 rings (SSSR count). The number of aliphatic carboxylic acids is 1. The zero-order valence-electron chi connectivity index (χ0n) is 17.5. The Morgan fingerprint density at radius 3 is 2.32 bits per heavy atom. The van der Waals surface area contributed by atoms with E-state index in [-0.39, 0.29) is 0 Å². The Kier molecular flexibility index (Phi) is 5.74. The minimum absolute atomic E-state index is 0.408. The molecule has 1 aliphatic rings. The summed E-state index contributed by atoms with van der Waals surface area (Å²) in [6.45, 7) is 1.97. The van der Waals surface area contributed by atoms with Crippen molar-refractivity contribution >= 4 is 23.2 Å². The highest BCUT2D eigenvalue weighted by Crippen LogP contribution is 2.49. The van der Waals surface area contributed by atoms with Gasteiger partial charge in [0, 0.05) is 11.1 Å². The summed E-state index contributed by atoms with van der Waals surface area (Å²) in [5.74, 6) is -0.720. The summed E-state index contributed by atoms with van der Waals surface area (Å²) in [4.78, 5) is 11.7. The number of rotatable bonds is 6. The van der Waals surface area contributed by atoms with Crippen molar-refractivity contribution in [1.82, 2.24) is 0 Å². The van der Waals surface area contributed by atoms with E-state index in [9.17, 15) is 15.0 Å². The molecule has 4 heteroatoms. The Morgan fingerprint density at radius 1 is 0.968 bits per heavy atom. The fourth-order valence-corrected chi connectivity index (χ4v) is 4.29. The number of carboxylic acids is 1. The van der Waals surface area contributed by atoms with E-state index >= 15 is 0 Å². The average molecular weight is 412 g/mol. The molecule has 0 aliphatic heterocycles. The molecule has 0 fully saturated rings. The van der Waals surface area contributed by atoms with Crippen LogP contribution in [0.15, 0.2) is 78.4 Å². The second-order valence-electron chi connectivity index (χ2n) is 7.38. The Bertz CT molecular complexity index is 1190. The highest BCUT2D eigenvalue weighted by molar-refractivity contribution is 6.11. The maximum absolute atomic E-state index is 11.7. The first kappa shape index (κ1) is 20.6. The van der Waals surface area contributed by atoms with E-state index in [0.29, 0.717) is 23.3 Å². The summed E-state index contributed by atoms with van der Waals surface area (Å²) < 4.78 is 5.54. The normalized spacial score (nSPS) is 15.1. The van der Waals surface area contributed by atoms with Crippen molar-refractivity contribution in [2.45, 2.75) is 19.4 Å². The van der Waals surface area contributed by atoms with E-state index < -0.39 is 12.1 Å². The van der Waals surface area contributed by atoms with Gasteiger partial charge >= 0.3 is 5.97 Å². The van der Waals surface area contributed by atoms with Crippen LogP contribution in [0.5, 0.6) is 5.75 Å². The number of hydrogen-bond acceptors (Lipinski definition) is 3. The van der Waals surface area contributed by atoms with Gasteiger partial charge in [-0.15, -0.1) is 0 Å².